The summed E-state index contributed by atoms with van der Waals surface area (Å²) in [5, 5.41) is -0.275. The fourth-order valence-electron chi connectivity index (χ4n) is 1.51. The Kier molecular flexibility index (Phi) is 3.96. The van der Waals surface area contributed by atoms with Crippen molar-refractivity contribution < 1.29 is 18.0 Å². The average Bonchev–Trinajstić information content (AvgIpc) is 2.36. The molecule has 19 heavy (non-hydrogen) atoms. The predicted octanol–water partition coefficient (Wildman–Crippen LogP) is 4.75. The molecule has 0 aliphatic carbocycles. The van der Waals surface area contributed by atoms with E-state index >= 15 is 0 Å². The number of hydrogen-bond donors (Lipinski definition) is 0. The van der Waals surface area contributed by atoms with E-state index in [2.05, 4.69) is 15.9 Å². The third-order valence-electron chi connectivity index (χ3n) is 2.43. The Morgan fingerprint density at radius 3 is 2.26 bits per heavy atom. The summed E-state index contributed by atoms with van der Waals surface area (Å²) < 4.78 is 40.1. The maximum absolute atomic E-state index is 13.6. The predicted molar refractivity (Wildman–Crippen MR) is 68.9 cm³/mol. The summed E-state index contributed by atoms with van der Waals surface area (Å²) in [5.74, 6) is -3.98. The first-order valence-corrected chi connectivity index (χ1v) is 6.21. The van der Waals surface area contributed by atoms with Crippen LogP contribution in [0.25, 0.3) is 0 Å². The molecule has 0 aliphatic heterocycles. The quantitative estimate of drug-likeness (QED) is 0.565. The largest absolute Gasteiger partial charge is 0.288 e. The minimum absolute atomic E-state index is 0.275. The fourth-order valence-corrected chi connectivity index (χ4v) is 2.11. The van der Waals surface area contributed by atoms with Crippen LogP contribution in [0.3, 0.4) is 0 Å². The summed E-state index contributed by atoms with van der Waals surface area (Å²) >= 11 is 8.77. The van der Waals surface area contributed by atoms with Crippen molar-refractivity contribution >= 4 is 33.3 Å². The second-order valence-electron chi connectivity index (χ2n) is 3.70. The molecule has 0 unspecified atom stereocenters. The van der Waals surface area contributed by atoms with Crippen LogP contribution in [-0.2, 0) is 0 Å². The lowest BCUT2D eigenvalue weighted by Crippen LogP contribution is -2.06. The Balaban J connectivity index is 2.56. The lowest BCUT2D eigenvalue weighted by molar-refractivity contribution is 0.103. The zero-order chi connectivity index (χ0) is 14.2. The van der Waals surface area contributed by atoms with E-state index in [1.54, 1.807) is 0 Å². The maximum atomic E-state index is 13.6. The van der Waals surface area contributed by atoms with E-state index < -0.39 is 23.2 Å². The summed E-state index contributed by atoms with van der Waals surface area (Å²) in [7, 11) is 0. The van der Waals surface area contributed by atoms with E-state index in [0.29, 0.717) is 16.6 Å². The Morgan fingerprint density at radius 2 is 1.58 bits per heavy atom. The molecule has 2 aromatic carbocycles. The minimum atomic E-state index is -1.22. The summed E-state index contributed by atoms with van der Waals surface area (Å²) in [4.78, 5) is 12.1. The Labute approximate surface area is 120 Å². The number of carbonyl (C=O) groups excluding carboxylic acids is 1. The first-order valence-electron chi connectivity index (χ1n) is 5.04. The molecule has 6 heteroatoms. The molecular weight excluding hydrogens is 344 g/mol. The van der Waals surface area contributed by atoms with Crippen LogP contribution in [0.15, 0.2) is 34.8 Å². The highest BCUT2D eigenvalue weighted by molar-refractivity contribution is 9.10. The maximum Gasteiger partial charge on any atom is 0.197 e. The van der Waals surface area contributed by atoms with Gasteiger partial charge >= 0.3 is 0 Å². The fraction of sp³-hybridized carbons (Fsp3) is 0. The number of benzene rings is 2. The molecule has 0 amide bonds. The highest BCUT2D eigenvalue weighted by Gasteiger charge is 2.19. The molecule has 0 heterocycles. The van der Waals surface area contributed by atoms with Gasteiger partial charge in [0.2, 0.25) is 0 Å². The topological polar surface area (TPSA) is 17.1 Å². The van der Waals surface area contributed by atoms with Gasteiger partial charge in [-0.25, -0.2) is 13.2 Å². The molecule has 98 valence electrons. The monoisotopic (exact) mass is 348 g/mol. The molecule has 0 radical (unpaired) electrons. The summed E-state index contributed by atoms with van der Waals surface area (Å²) in [5.41, 5.74) is -0.570. The van der Waals surface area contributed by atoms with Gasteiger partial charge in [0.05, 0.1) is 10.6 Å². The first kappa shape index (κ1) is 14.1. The molecule has 0 bridgehead atoms. The molecule has 0 N–H and O–H groups in total. The first-order chi connectivity index (χ1) is 8.90. The summed E-state index contributed by atoms with van der Waals surface area (Å²) in [6, 6.07) is 5.08. The van der Waals surface area contributed by atoms with Crippen LogP contribution in [0.4, 0.5) is 13.2 Å². The number of ketones is 1. The van der Waals surface area contributed by atoms with Gasteiger partial charge in [0.15, 0.2) is 17.4 Å². The molecule has 0 fully saturated rings. The van der Waals surface area contributed by atoms with E-state index in [-0.39, 0.29) is 16.1 Å². The SMILES string of the molecule is O=C(c1cc(Br)ccc1F)c1cc(F)c(F)cc1Cl. The normalized spacial score (nSPS) is 10.6. The van der Waals surface area contributed by atoms with E-state index in [4.69, 9.17) is 11.6 Å². The van der Waals surface area contributed by atoms with E-state index in [1.807, 2.05) is 0 Å². The van der Waals surface area contributed by atoms with Crippen molar-refractivity contribution in [2.75, 3.05) is 0 Å². The average molecular weight is 350 g/mol. The molecule has 0 aliphatic rings. The van der Waals surface area contributed by atoms with E-state index in [1.165, 1.54) is 12.1 Å². The van der Waals surface area contributed by atoms with Crippen LogP contribution in [0.2, 0.25) is 5.02 Å². The van der Waals surface area contributed by atoms with E-state index in [9.17, 15) is 18.0 Å². The Morgan fingerprint density at radius 1 is 0.947 bits per heavy atom. The molecule has 2 rings (SSSR count). The second kappa shape index (κ2) is 5.35. The van der Waals surface area contributed by atoms with Gasteiger partial charge in [-0.1, -0.05) is 27.5 Å². The van der Waals surface area contributed by atoms with Gasteiger partial charge in [0.25, 0.3) is 0 Å². The summed E-state index contributed by atoms with van der Waals surface area (Å²) in [6.45, 7) is 0. The van der Waals surface area contributed by atoms with Gasteiger partial charge in [0, 0.05) is 10.0 Å². The zero-order valence-corrected chi connectivity index (χ0v) is 11.5. The molecule has 0 aromatic heterocycles. The second-order valence-corrected chi connectivity index (χ2v) is 5.02. The Bertz CT molecular complexity index is 673. The standard InChI is InChI=1S/C13H5BrClF3O/c14-6-1-2-10(16)8(3-6)13(19)7-4-11(17)12(18)5-9(7)15/h1-5H. The highest BCUT2D eigenvalue weighted by atomic mass is 79.9. The van der Waals surface area contributed by atoms with Gasteiger partial charge in [-0.3, -0.25) is 4.79 Å². The molecule has 0 saturated heterocycles. The highest BCUT2D eigenvalue weighted by Crippen LogP contribution is 2.25. The third kappa shape index (κ3) is 2.82. The molecule has 0 atom stereocenters. The zero-order valence-electron chi connectivity index (χ0n) is 9.18. The van der Waals surface area contributed by atoms with Gasteiger partial charge in [-0.05, 0) is 30.3 Å². The van der Waals surface area contributed by atoms with E-state index in [0.717, 1.165) is 6.07 Å². The third-order valence-corrected chi connectivity index (χ3v) is 3.23. The molecule has 1 nitrogen and oxygen atoms in total. The molecule has 0 spiro atoms. The molecular formula is C13H5BrClF3O. The van der Waals surface area contributed by atoms with Crippen LogP contribution in [0.1, 0.15) is 15.9 Å². The van der Waals surface area contributed by atoms with Crippen molar-refractivity contribution in [3.8, 4) is 0 Å². The molecule has 0 saturated carbocycles. The lowest BCUT2D eigenvalue weighted by Gasteiger charge is -2.06. The molecule has 2 aromatic rings. The minimum Gasteiger partial charge on any atom is -0.288 e. The van der Waals surface area contributed by atoms with Crippen molar-refractivity contribution in [3.05, 3.63) is 68.4 Å². The van der Waals surface area contributed by atoms with Crippen LogP contribution in [0, 0.1) is 17.5 Å². The number of rotatable bonds is 2. The van der Waals surface area contributed by atoms with Crippen molar-refractivity contribution in [1.82, 2.24) is 0 Å². The number of halogens is 5. The van der Waals surface area contributed by atoms with Gasteiger partial charge in [-0.2, -0.15) is 0 Å². The van der Waals surface area contributed by atoms with Crippen LogP contribution in [-0.4, -0.2) is 5.78 Å². The van der Waals surface area contributed by atoms with Gasteiger partial charge in [-0.15, -0.1) is 0 Å². The van der Waals surface area contributed by atoms with Crippen molar-refractivity contribution in [2.45, 2.75) is 0 Å². The van der Waals surface area contributed by atoms with Crippen molar-refractivity contribution in [2.24, 2.45) is 0 Å². The smallest absolute Gasteiger partial charge is 0.197 e. The van der Waals surface area contributed by atoms with Crippen LogP contribution >= 0.6 is 27.5 Å². The Hall–Kier alpha value is -1.33. The number of carbonyl (C=O) groups is 1. The van der Waals surface area contributed by atoms with Crippen molar-refractivity contribution in [3.63, 3.8) is 0 Å². The van der Waals surface area contributed by atoms with Gasteiger partial charge in [0.1, 0.15) is 5.82 Å². The lowest BCUT2D eigenvalue weighted by atomic mass is 10.0. The van der Waals surface area contributed by atoms with Crippen LogP contribution < -0.4 is 0 Å². The van der Waals surface area contributed by atoms with Gasteiger partial charge < -0.3 is 0 Å². The van der Waals surface area contributed by atoms with Crippen LogP contribution in [0.5, 0.6) is 0 Å². The van der Waals surface area contributed by atoms with Crippen molar-refractivity contribution in [1.29, 1.82) is 0 Å². The summed E-state index contributed by atoms with van der Waals surface area (Å²) in [6.07, 6.45) is 0. The number of hydrogen-bond acceptors (Lipinski definition) is 1.